The fraction of sp³-hybridized carbons (Fsp3) is 0.154. The van der Waals surface area contributed by atoms with Crippen LogP contribution in [0.25, 0.3) is 0 Å². The Morgan fingerprint density at radius 1 is 1.33 bits per heavy atom. The summed E-state index contributed by atoms with van der Waals surface area (Å²) >= 11 is 0. The van der Waals surface area contributed by atoms with E-state index in [4.69, 9.17) is 4.42 Å². The van der Waals surface area contributed by atoms with Crippen LogP contribution in [0, 0.1) is 5.82 Å². The van der Waals surface area contributed by atoms with Gasteiger partial charge in [0, 0.05) is 5.56 Å². The third-order valence-electron chi connectivity index (χ3n) is 2.43. The topological polar surface area (TPSA) is 62.5 Å². The van der Waals surface area contributed by atoms with E-state index in [-0.39, 0.29) is 12.5 Å². The van der Waals surface area contributed by atoms with Crippen molar-refractivity contribution in [3.8, 4) is 0 Å². The van der Waals surface area contributed by atoms with Crippen molar-refractivity contribution >= 4 is 5.91 Å². The van der Waals surface area contributed by atoms with Gasteiger partial charge >= 0.3 is 0 Å². The van der Waals surface area contributed by atoms with Crippen molar-refractivity contribution in [2.24, 2.45) is 0 Å². The van der Waals surface area contributed by atoms with Crippen molar-refractivity contribution in [1.82, 2.24) is 5.32 Å². The second-order valence-electron chi connectivity index (χ2n) is 3.75. The summed E-state index contributed by atoms with van der Waals surface area (Å²) in [6, 6.07) is 8.44. The Hall–Kier alpha value is -2.14. The predicted octanol–water partition coefficient (Wildman–Crippen LogP) is 1.88. The average Bonchev–Trinajstić information content (AvgIpc) is 2.90. The Morgan fingerprint density at radius 2 is 2.06 bits per heavy atom. The zero-order valence-electron chi connectivity index (χ0n) is 9.47. The number of aliphatic hydroxyl groups is 1. The van der Waals surface area contributed by atoms with Crippen molar-refractivity contribution in [2.75, 3.05) is 6.54 Å². The van der Waals surface area contributed by atoms with E-state index in [9.17, 15) is 14.3 Å². The molecule has 1 heterocycles. The number of furan rings is 1. The van der Waals surface area contributed by atoms with Gasteiger partial charge in [0.05, 0.1) is 12.8 Å². The smallest absolute Gasteiger partial charge is 0.251 e. The normalized spacial score (nSPS) is 12.1. The monoisotopic (exact) mass is 249 g/mol. The van der Waals surface area contributed by atoms with Crippen molar-refractivity contribution in [1.29, 1.82) is 0 Å². The van der Waals surface area contributed by atoms with Crippen molar-refractivity contribution in [3.05, 3.63) is 59.8 Å². The van der Waals surface area contributed by atoms with Crippen LogP contribution >= 0.6 is 0 Å². The number of carbonyl (C=O) groups is 1. The lowest BCUT2D eigenvalue weighted by Gasteiger charge is -2.09. The van der Waals surface area contributed by atoms with Gasteiger partial charge in [0.15, 0.2) is 0 Å². The van der Waals surface area contributed by atoms with Gasteiger partial charge in [0.25, 0.3) is 5.91 Å². The highest BCUT2D eigenvalue weighted by Gasteiger charge is 2.12. The lowest BCUT2D eigenvalue weighted by atomic mass is 10.2. The van der Waals surface area contributed by atoms with Crippen molar-refractivity contribution in [3.63, 3.8) is 0 Å². The van der Waals surface area contributed by atoms with Crippen LogP contribution in [-0.4, -0.2) is 17.6 Å². The molecule has 4 nitrogen and oxygen atoms in total. The standard InChI is InChI=1S/C13H12FNO3/c14-10-5-3-9(4-6-10)13(17)15-8-11(16)12-2-1-7-18-12/h1-7,11,16H,8H2,(H,15,17). The van der Waals surface area contributed by atoms with Crippen LogP contribution in [0.5, 0.6) is 0 Å². The minimum absolute atomic E-state index is 0.0315. The SMILES string of the molecule is O=C(NCC(O)c1ccco1)c1ccc(F)cc1. The first-order valence-electron chi connectivity index (χ1n) is 5.42. The minimum Gasteiger partial charge on any atom is -0.467 e. The Labute approximate surface area is 103 Å². The lowest BCUT2D eigenvalue weighted by Crippen LogP contribution is -2.28. The van der Waals surface area contributed by atoms with Gasteiger partial charge in [-0.3, -0.25) is 4.79 Å². The fourth-order valence-corrected chi connectivity index (χ4v) is 1.47. The molecule has 5 heteroatoms. The molecule has 0 saturated carbocycles. The molecule has 1 atom stereocenters. The van der Waals surface area contributed by atoms with E-state index in [1.165, 1.54) is 30.5 Å². The highest BCUT2D eigenvalue weighted by atomic mass is 19.1. The Balaban J connectivity index is 1.90. The largest absolute Gasteiger partial charge is 0.467 e. The van der Waals surface area contributed by atoms with Gasteiger partial charge in [-0.25, -0.2) is 4.39 Å². The number of benzene rings is 1. The average molecular weight is 249 g/mol. The molecule has 0 fully saturated rings. The fourth-order valence-electron chi connectivity index (χ4n) is 1.47. The lowest BCUT2D eigenvalue weighted by molar-refractivity contribution is 0.0901. The summed E-state index contributed by atoms with van der Waals surface area (Å²) in [6.07, 6.45) is 0.546. The zero-order chi connectivity index (χ0) is 13.0. The van der Waals surface area contributed by atoms with Gasteiger partial charge in [0.2, 0.25) is 0 Å². The molecule has 94 valence electrons. The summed E-state index contributed by atoms with van der Waals surface area (Å²) in [7, 11) is 0. The number of hydrogen-bond acceptors (Lipinski definition) is 3. The molecular formula is C13H12FNO3. The highest BCUT2D eigenvalue weighted by molar-refractivity contribution is 5.94. The second-order valence-corrected chi connectivity index (χ2v) is 3.75. The van der Waals surface area contributed by atoms with E-state index in [1.807, 2.05) is 0 Å². The van der Waals surface area contributed by atoms with Crippen LogP contribution in [0.4, 0.5) is 4.39 Å². The Morgan fingerprint density at radius 3 is 2.67 bits per heavy atom. The third-order valence-corrected chi connectivity index (χ3v) is 2.43. The molecule has 2 rings (SSSR count). The van der Waals surface area contributed by atoms with E-state index < -0.39 is 11.9 Å². The first-order valence-corrected chi connectivity index (χ1v) is 5.42. The number of nitrogens with one attached hydrogen (secondary N) is 1. The number of rotatable bonds is 4. The second kappa shape index (κ2) is 5.46. The number of carbonyl (C=O) groups excluding carboxylic acids is 1. The number of aliphatic hydroxyl groups excluding tert-OH is 1. The van der Waals surface area contributed by atoms with Gasteiger partial charge in [0.1, 0.15) is 17.7 Å². The van der Waals surface area contributed by atoms with E-state index in [2.05, 4.69) is 5.32 Å². The van der Waals surface area contributed by atoms with Crippen LogP contribution in [0.2, 0.25) is 0 Å². The molecule has 1 unspecified atom stereocenters. The third kappa shape index (κ3) is 2.95. The van der Waals surface area contributed by atoms with Crippen LogP contribution in [0.1, 0.15) is 22.2 Å². The van der Waals surface area contributed by atoms with Gasteiger partial charge in [-0.1, -0.05) is 0 Å². The molecule has 2 aromatic rings. The molecular weight excluding hydrogens is 237 g/mol. The van der Waals surface area contributed by atoms with Gasteiger partial charge in [-0.2, -0.15) is 0 Å². The molecule has 0 bridgehead atoms. The quantitative estimate of drug-likeness (QED) is 0.869. The molecule has 0 spiro atoms. The van der Waals surface area contributed by atoms with E-state index in [0.717, 1.165) is 0 Å². The van der Waals surface area contributed by atoms with Gasteiger partial charge in [-0.15, -0.1) is 0 Å². The molecule has 2 N–H and O–H groups in total. The van der Waals surface area contributed by atoms with E-state index in [0.29, 0.717) is 11.3 Å². The molecule has 18 heavy (non-hydrogen) atoms. The summed E-state index contributed by atoms with van der Waals surface area (Å²) in [4.78, 5) is 11.7. The van der Waals surface area contributed by atoms with E-state index >= 15 is 0 Å². The van der Waals surface area contributed by atoms with E-state index in [1.54, 1.807) is 12.1 Å². The molecule has 1 aromatic heterocycles. The summed E-state index contributed by atoms with van der Waals surface area (Å²) in [6.45, 7) is 0.0315. The minimum atomic E-state index is -0.899. The van der Waals surface area contributed by atoms with Crippen LogP contribution in [-0.2, 0) is 0 Å². The predicted molar refractivity (Wildman–Crippen MR) is 62.4 cm³/mol. The summed E-state index contributed by atoms with van der Waals surface area (Å²) in [5, 5.41) is 12.2. The zero-order valence-corrected chi connectivity index (χ0v) is 9.47. The number of amides is 1. The summed E-state index contributed by atoms with van der Waals surface area (Å²) in [5.74, 6) is -0.391. The highest BCUT2D eigenvalue weighted by Crippen LogP contribution is 2.12. The molecule has 0 saturated heterocycles. The maximum atomic E-state index is 12.7. The molecule has 0 aliphatic heterocycles. The molecule has 0 radical (unpaired) electrons. The van der Waals surface area contributed by atoms with Crippen molar-refractivity contribution in [2.45, 2.75) is 6.10 Å². The Kier molecular flexibility index (Phi) is 3.74. The first-order chi connectivity index (χ1) is 8.66. The molecule has 1 amide bonds. The maximum Gasteiger partial charge on any atom is 0.251 e. The number of hydrogen-bond donors (Lipinski definition) is 2. The first kappa shape index (κ1) is 12.3. The molecule has 1 aromatic carbocycles. The van der Waals surface area contributed by atoms with Gasteiger partial charge < -0.3 is 14.8 Å². The van der Waals surface area contributed by atoms with Gasteiger partial charge in [-0.05, 0) is 36.4 Å². The molecule has 0 aliphatic rings. The summed E-state index contributed by atoms with van der Waals surface area (Å²) < 4.78 is 17.7. The van der Waals surface area contributed by atoms with Crippen LogP contribution in [0.3, 0.4) is 0 Å². The Bertz CT molecular complexity index is 508. The molecule has 0 aliphatic carbocycles. The number of halogens is 1. The van der Waals surface area contributed by atoms with Crippen molar-refractivity contribution < 1.29 is 18.7 Å². The van der Waals surface area contributed by atoms with Crippen LogP contribution in [0.15, 0.2) is 47.1 Å². The maximum absolute atomic E-state index is 12.7. The van der Waals surface area contributed by atoms with Crippen LogP contribution < -0.4 is 5.32 Å². The summed E-state index contributed by atoms with van der Waals surface area (Å²) in [5.41, 5.74) is 0.336.